The molecule has 22 heavy (non-hydrogen) atoms. The van der Waals surface area contributed by atoms with E-state index in [1.165, 1.54) is 12.1 Å². The molecule has 0 saturated carbocycles. The van der Waals surface area contributed by atoms with Gasteiger partial charge in [0.15, 0.2) is 17.3 Å². The fourth-order valence-corrected chi connectivity index (χ4v) is 3.67. The highest BCUT2D eigenvalue weighted by atomic mass is 79.9. The van der Waals surface area contributed by atoms with E-state index in [1.54, 1.807) is 18.2 Å². The van der Waals surface area contributed by atoms with Crippen LogP contribution in [0.4, 0.5) is 0 Å². The molecule has 6 heteroatoms. The van der Waals surface area contributed by atoms with E-state index in [1.807, 2.05) is 0 Å². The second kappa shape index (κ2) is 5.44. The summed E-state index contributed by atoms with van der Waals surface area (Å²) in [7, 11) is 0. The number of halogens is 2. The van der Waals surface area contributed by atoms with Crippen LogP contribution in [0.5, 0.6) is 17.2 Å². The van der Waals surface area contributed by atoms with Crippen molar-refractivity contribution in [3.05, 3.63) is 55.5 Å². The van der Waals surface area contributed by atoms with E-state index in [0.29, 0.717) is 25.6 Å². The number of aromatic hydroxyl groups is 3. The van der Waals surface area contributed by atoms with Crippen LogP contribution in [0.2, 0.25) is 0 Å². The van der Waals surface area contributed by atoms with Gasteiger partial charge in [-0.05, 0) is 67.8 Å². The Morgan fingerprint density at radius 2 is 1.64 bits per heavy atom. The molecule has 3 rings (SSSR count). The van der Waals surface area contributed by atoms with Gasteiger partial charge in [0, 0.05) is 23.1 Å². The number of carbonyl (C=O) groups excluding carboxylic acids is 1. The molecular formula is C16H10Br2O4. The Morgan fingerprint density at radius 3 is 2.27 bits per heavy atom. The van der Waals surface area contributed by atoms with E-state index in [-0.39, 0.29) is 29.5 Å². The Kier molecular flexibility index (Phi) is 3.74. The summed E-state index contributed by atoms with van der Waals surface area (Å²) in [5.74, 6) is -0.568. The number of ketones is 1. The zero-order valence-electron chi connectivity index (χ0n) is 11.1. The molecule has 2 aromatic carbocycles. The first-order valence-corrected chi connectivity index (χ1v) is 7.94. The summed E-state index contributed by atoms with van der Waals surface area (Å²) in [6, 6.07) is 6.21. The smallest absolute Gasteiger partial charge is 0.189 e. The fraction of sp³-hybridized carbons (Fsp3) is 0.0625. The average Bonchev–Trinajstić information content (AvgIpc) is 2.78. The quantitative estimate of drug-likeness (QED) is 0.473. The zero-order valence-corrected chi connectivity index (χ0v) is 14.3. The Morgan fingerprint density at radius 1 is 1.00 bits per heavy atom. The summed E-state index contributed by atoms with van der Waals surface area (Å²) in [5.41, 5.74) is 2.09. The minimum atomic E-state index is -0.248. The van der Waals surface area contributed by atoms with Gasteiger partial charge >= 0.3 is 0 Å². The summed E-state index contributed by atoms with van der Waals surface area (Å²) >= 11 is 6.49. The van der Waals surface area contributed by atoms with Gasteiger partial charge in [0.25, 0.3) is 0 Å². The van der Waals surface area contributed by atoms with Crippen LogP contribution >= 0.6 is 31.9 Å². The summed E-state index contributed by atoms with van der Waals surface area (Å²) < 4.78 is 1.02. The van der Waals surface area contributed by atoms with Crippen molar-refractivity contribution in [1.29, 1.82) is 0 Å². The third-order valence-corrected chi connectivity index (χ3v) is 4.75. The molecule has 112 valence electrons. The van der Waals surface area contributed by atoms with Gasteiger partial charge in [0.2, 0.25) is 0 Å². The van der Waals surface area contributed by atoms with Gasteiger partial charge in [0.1, 0.15) is 5.75 Å². The number of allylic oxidation sites excluding steroid dienone is 1. The van der Waals surface area contributed by atoms with Crippen molar-refractivity contribution >= 4 is 43.7 Å². The molecule has 3 N–H and O–H groups in total. The highest BCUT2D eigenvalue weighted by molar-refractivity contribution is 9.11. The summed E-state index contributed by atoms with van der Waals surface area (Å²) in [6.07, 6.45) is 1.96. The lowest BCUT2D eigenvalue weighted by Crippen LogP contribution is -1.95. The molecule has 1 aliphatic rings. The number of hydrogen-bond acceptors (Lipinski definition) is 4. The van der Waals surface area contributed by atoms with Crippen LogP contribution in [-0.2, 0) is 6.42 Å². The first-order chi connectivity index (χ1) is 10.4. The van der Waals surface area contributed by atoms with Crippen LogP contribution in [-0.4, -0.2) is 21.1 Å². The molecule has 0 atom stereocenters. The van der Waals surface area contributed by atoms with E-state index < -0.39 is 0 Å². The van der Waals surface area contributed by atoms with Gasteiger partial charge in [-0.3, -0.25) is 4.79 Å². The van der Waals surface area contributed by atoms with Crippen LogP contribution in [0.15, 0.2) is 38.8 Å². The van der Waals surface area contributed by atoms with Gasteiger partial charge in [-0.1, -0.05) is 0 Å². The molecule has 0 aromatic heterocycles. The summed E-state index contributed by atoms with van der Waals surface area (Å²) in [5, 5.41) is 29.1. The number of phenols is 3. The minimum Gasteiger partial charge on any atom is -0.506 e. The summed E-state index contributed by atoms with van der Waals surface area (Å²) in [4.78, 5) is 12.4. The largest absolute Gasteiger partial charge is 0.506 e. The van der Waals surface area contributed by atoms with Crippen molar-refractivity contribution in [3.63, 3.8) is 0 Å². The predicted molar refractivity (Wildman–Crippen MR) is 89.3 cm³/mol. The van der Waals surface area contributed by atoms with E-state index in [0.717, 1.165) is 5.56 Å². The molecule has 4 nitrogen and oxygen atoms in total. The molecule has 0 heterocycles. The van der Waals surface area contributed by atoms with Crippen LogP contribution in [0.1, 0.15) is 21.5 Å². The maximum Gasteiger partial charge on any atom is 0.189 e. The Hall–Kier alpha value is -1.79. The monoisotopic (exact) mass is 424 g/mol. The number of benzene rings is 2. The van der Waals surface area contributed by atoms with Crippen LogP contribution < -0.4 is 0 Å². The van der Waals surface area contributed by atoms with Crippen molar-refractivity contribution in [1.82, 2.24) is 0 Å². The molecule has 2 aromatic rings. The standard InChI is InChI=1S/C16H10Br2O4/c17-11-4-7(5-12(18)16(11)22)3-8-6-10-9(14(8)20)1-2-13(19)15(10)21/h1-5,19,21-22H,6H2/b8-3+. The first-order valence-electron chi connectivity index (χ1n) is 6.35. The molecule has 0 fully saturated rings. The van der Waals surface area contributed by atoms with Crippen molar-refractivity contribution in [2.75, 3.05) is 0 Å². The summed E-state index contributed by atoms with van der Waals surface area (Å²) in [6.45, 7) is 0. The number of fused-ring (bicyclic) bond motifs is 1. The highest BCUT2D eigenvalue weighted by Gasteiger charge is 2.28. The Labute approximate surface area is 143 Å². The van der Waals surface area contributed by atoms with Crippen molar-refractivity contribution in [2.45, 2.75) is 6.42 Å². The number of carbonyl (C=O) groups is 1. The van der Waals surface area contributed by atoms with Crippen LogP contribution in [0.25, 0.3) is 6.08 Å². The molecule has 0 aliphatic heterocycles. The van der Waals surface area contributed by atoms with Gasteiger partial charge in [-0.25, -0.2) is 0 Å². The van der Waals surface area contributed by atoms with E-state index in [9.17, 15) is 20.1 Å². The molecule has 1 aliphatic carbocycles. The molecule has 0 spiro atoms. The first kappa shape index (κ1) is 15.1. The fourth-order valence-electron chi connectivity index (χ4n) is 2.45. The number of phenolic OH excluding ortho intramolecular Hbond substituents is 3. The van der Waals surface area contributed by atoms with E-state index >= 15 is 0 Å². The number of hydrogen-bond donors (Lipinski definition) is 3. The third-order valence-electron chi connectivity index (χ3n) is 3.55. The molecule has 0 unspecified atom stereocenters. The lowest BCUT2D eigenvalue weighted by atomic mass is 10.1. The lowest BCUT2D eigenvalue weighted by Gasteiger charge is -2.03. The molecule has 0 radical (unpaired) electrons. The minimum absolute atomic E-state index is 0.0887. The Balaban J connectivity index is 2.05. The Bertz CT molecular complexity index is 817. The highest BCUT2D eigenvalue weighted by Crippen LogP contribution is 2.40. The second-order valence-corrected chi connectivity index (χ2v) is 6.68. The topological polar surface area (TPSA) is 77.8 Å². The number of Topliss-reactive ketones (excluding diaryl/α,β-unsaturated/α-hetero) is 1. The van der Waals surface area contributed by atoms with Crippen molar-refractivity contribution in [3.8, 4) is 17.2 Å². The molecule has 0 amide bonds. The number of rotatable bonds is 1. The average molecular weight is 426 g/mol. The van der Waals surface area contributed by atoms with Gasteiger partial charge in [-0.15, -0.1) is 0 Å². The van der Waals surface area contributed by atoms with Crippen LogP contribution in [0.3, 0.4) is 0 Å². The van der Waals surface area contributed by atoms with Gasteiger partial charge < -0.3 is 15.3 Å². The third kappa shape index (κ3) is 2.42. The van der Waals surface area contributed by atoms with Crippen LogP contribution in [0, 0.1) is 0 Å². The predicted octanol–water partition coefficient (Wildman–Crippen LogP) is 4.15. The van der Waals surface area contributed by atoms with Gasteiger partial charge in [0.05, 0.1) is 8.95 Å². The SMILES string of the molecule is O=C1/C(=C/c2cc(Br)c(O)c(Br)c2)Cc2c1ccc(O)c2O. The lowest BCUT2D eigenvalue weighted by molar-refractivity contribution is 0.104. The molecular weight excluding hydrogens is 416 g/mol. The maximum atomic E-state index is 12.4. The molecule has 0 saturated heterocycles. The molecule has 0 bridgehead atoms. The van der Waals surface area contributed by atoms with Crippen molar-refractivity contribution in [2.24, 2.45) is 0 Å². The second-order valence-electron chi connectivity index (χ2n) is 4.97. The van der Waals surface area contributed by atoms with E-state index in [2.05, 4.69) is 31.9 Å². The van der Waals surface area contributed by atoms with E-state index in [4.69, 9.17) is 0 Å². The van der Waals surface area contributed by atoms with Crippen molar-refractivity contribution < 1.29 is 20.1 Å². The normalized spacial score (nSPS) is 15.4. The van der Waals surface area contributed by atoms with Gasteiger partial charge in [-0.2, -0.15) is 0 Å². The maximum absolute atomic E-state index is 12.4. The zero-order chi connectivity index (χ0) is 16.0.